The standard InChI is InChI=1S/C14H16N4S/c1-10-11(3-2-5-15-10)8-18-6-4-13-12(9-18)7-16-14(19)17-13/h2-3,5,7H,4,6,8-9H2,1H3,(H,16,17,19). The number of aromatic nitrogens is 3. The topological polar surface area (TPSA) is 44.8 Å². The lowest BCUT2D eigenvalue weighted by Gasteiger charge is -2.28. The summed E-state index contributed by atoms with van der Waals surface area (Å²) in [5, 5.41) is 0. The summed E-state index contributed by atoms with van der Waals surface area (Å²) in [5.41, 5.74) is 4.89. The molecule has 0 aromatic carbocycles. The van der Waals surface area contributed by atoms with Gasteiger partial charge in [-0.1, -0.05) is 6.07 Å². The SMILES string of the molecule is Cc1ncccc1CN1CCc2[nH]c(=S)ncc2C1. The lowest BCUT2D eigenvalue weighted by atomic mass is 10.1. The van der Waals surface area contributed by atoms with Crippen LogP contribution < -0.4 is 0 Å². The smallest absolute Gasteiger partial charge is 0.196 e. The average Bonchev–Trinajstić information content (AvgIpc) is 2.41. The van der Waals surface area contributed by atoms with E-state index in [2.05, 4.69) is 32.8 Å². The molecule has 0 radical (unpaired) electrons. The Morgan fingerprint density at radius 3 is 3.16 bits per heavy atom. The number of hydrogen-bond donors (Lipinski definition) is 1. The first-order valence-corrected chi connectivity index (χ1v) is 6.83. The Kier molecular flexibility index (Phi) is 3.40. The summed E-state index contributed by atoms with van der Waals surface area (Å²) in [4.78, 5) is 14.1. The van der Waals surface area contributed by atoms with Crippen LogP contribution in [0.2, 0.25) is 0 Å². The number of pyridine rings is 1. The predicted octanol–water partition coefficient (Wildman–Crippen LogP) is 2.40. The van der Waals surface area contributed by atoms with Crippen LogP contribution >= 0.6 is 12.2 Å². The van der Waals surface area contributed by atoms with Gasteiger partial charge in [-0.2, -0.15) is 0 Å². The number of hydrogen-bond acceptors (Lipinski definition) is 4. The molecule has 1 N–H and O–H groups in total. The lowest BCUT2D eigenvalue weighted by molar-refractivity contribution is 0.242. The molecule has 98 valence electrons. The number of H-pyrrole nitrogens is 1. The Labute approximate surface area is 117 Å². The molecule has 0 saturated heterocycles. The third kappa shape index (κ3) is 2.72. The van der Waals surface area contributed by atoms with Gasteiger partial charge in [-0.3, -0.25) is 9.88 Å². The van der Waals surface area contributed by atoms with Crippen molar-refractivity contribution < 1.29 is 0 Å². The third-order valence-electron chi connectivity index (χ3n) is 3.57. The molecule has 0 bridgehead atoms. The highest BCUT2D eigenvalue weighted by atomic mass is 32.1. The van der Waals surface area contributed by atoms with Gasteiger partial charge in [0.25, 0.3) is 0 Å². The summed E-state index contributed by atoms with van der Waals surface area (Å²) in [7, 11) is 0. The van der Waals surface area contributed by atoms with Crippen LogP contribution in [0.3, 0.4) is 0 Å². The number of fused-ring (bicyclic) bond motifs is 1. The number of rotatable bonds is 2. The van der Waals surface area contributed by atoms with Crippen molar-refractivity contribution in [1.29, 1.82) is 0 Å². The van der Waals surface area contributed by atoms with E-state index in [4.69, 9.17) is 12.2 Å². The molecule has 0 saturated carbocycles. The van der Waals surface area contributed by atoms with Gasteiger partial charge in [0.1, 0.15) is 0 Å². The normalized spacial score (nSPS) is 15.2. The molecule has 0 fully saturated rings. The summed E-state index contributed by atoms with van der Waals surface area (Å²) >= 11 is 5.06. The molecule has 3 heterocycles. The van der Waals surface area contributed by atoms with E-state index < -0.39 is 0 Å². The largest absolute Gasteiger partial charge is 0.334 e. The second-order valence-electron chi connectivity index (χ2n) is 4.90. The third-order valence-corrected chi connectivity index (χ3v) is 3.77. The fraction of sp³-hybridized carbons (Fsp3) is 0.357. The quantitative estimate of drug-likeness (QED) is 0.853. The number of aromatic amines is 1. The van der Waals surface area contributed by atoms with Crippen LogP contribution in [-0.2, 0) is 19.5 Å². The van der Waals surface area contributed by atoms with Crippen LogP contribution in [0.1, 0.15) is 22.5 Å². The summed E-state index contributed by atoms with van der Waals surface area (Å²) in [6.07, 6.45) is 4.74. The lowest BCUT2D eigenvalue weighted by Crippen LogP contribution is -2.31. The summed E-state index contributed by atoms with van der Waals surface area (Å²) < 4.78 is 0.579. The Morgan fingerprint density at radius 2 is 2.32 bits per heavy atom. The Balaban J connectivity index is 1.78. The fourth-order valence-corrected chi connectivity index (χ4v) is 2.64. The fourth-order valence-electron chi connectivity index (χ4n) is 2.47. The maximum absolute atomic E-state index is 5.06. The van der Waals surface area contributed by atoms with Crippen molar-refractivity contribution >= 4 is 12.2 Å². The highest BCUT2D eigenvalue weighted by Gasteiger charge is 2.17. The van der Waals surface area contributed by atoms with Crippen molar-refractivity contribution in [2.24, 2.45) is 0 Å². The Bertz CT molecular complexity index is 650. The first-order valence-electron chi connectivity index (χ1n) is 6.42. The van der Waals surface area contributed by atoms with Crippen molar-refractivity contribution in [2.75, 3.05) is 6.54 Å². The molecule has 2 aromatic rings. The number of nitrogens with one attached hydrogen (secondary N) is 1. The molecular formula is C14H16N4S. The van der Waals surface area contributed by atoms with Crippen molar-refractivity contribution in [3.63, 3.8) is 0 Å². The van der Waals surface area contributed by atoms with Crippen molar-refractivity contribution in [3.05, 3.63) is 51.8 Å². The minimum absolute atomic E-state index is 0.579. The zero-order valence-electron chi connectivity index (χ0n) is 10.9. The average molecular weight is 272 g/mol. The zero-order chi connectivity index (χ0) is 13.2. The number of nitrogens with zero attached hydrogens (tertiary/aromatic N) is 3. The van der Waals surface area contributed by atoms with Crippen LogP contribution in [-0.4, -0.2) is 26.4 Å². The maximum atomic E-state index is 5.06. The van der Waals surface area contributed by atoms with Gasteiger partial charge in [-0.05, 0) is 30.8 Å². The van der Waals surface area contributed by atoms with Crippen molar-refractivity contribution in [3.8, 4) is 0 Å². The van der Waals surface area contributed by atoms with E-state index in [-0.39, 0.29) is 0 Å². The van der Waals surface area contributed by atoms with E-state index in [1.807, 2.05) is 18.5 Å². The summed E-state index contributed by atoms with van der Waals surface area (Å²) in [5.74, 6) is 0. The first kappa shape index (κ1) is 12.4. The molecule has 0 amide bonds. The number of aryl methyl sites for hydroxylation is 1. The minimum Gasteiger partial charge on any atom is -0.334 e. The van der Waals surface area contributed by atoms with Crippen LogP contribution in [0, 0.1) is 11.7 Å². The van der Waals surface area contributed by atoms with Gasteiger partial charge in [0.2, 0.25) is 0 Å². The first-order chi connectivity index (χ1) is 9.22. The van der Waals surface area contributed by atoms with Crippen LogP contribution in [0.25, 0.3) is 0 Å². The maximum Gasteiger partial charge on any atom is 0.196 e. The Hall–Kier alpha value is -1.59. The predicted molar refractivity (Wildman–Crippen MR) is 76.2 cm³/mol. The van der Waals surface area contributed by atoms with Gasteiger partial charge in [-0.25, -0.2) is 4.98 Å². The van der Waals surface area contributed by atoms with Crippen LogP contribution in [0.5, 0.6) is 0 Å². The van der Waals surface area contributed by atoms with E-state index in [1.54, 1.807) is 0 Å². The zero-order valence-corrected chi connectivity index (χ0v) is 11.7. The molecule has 2 aromatic heterocycles. The monoisotopic (exact) mass is 272 g/mol. The molecular weight excluding hydrogens is 256 g/mol. The molecule has 3 rings (SSSR count). The molecule has 5 heteroatoms. The molecule has 1 aliphatic rings. The second-order valence-corrected chi connectivity index (χ2v) is 5.29. The van der Waals surface area contributed by atoms with Gasteiger partial charge >= 0.3 is 0 Å². The van der Waals surface area contributed by atoms with E-state index >= 15 is 0 Å². The second kappa shape index (κ2) is 5.19. The summed E-state index contributed by atoms with van der Waals surface area (Å²) in [6.45, 7) is 4.96. The minimum atomic E-state index is 0.579. The molecule has 0 atom stereocenters. The summed E-state index contributed by atoms with van der Waals surface area (Å²) in [6, 6.07) is 4.15. The highest BCUT2D eigenvalue weighted by Crippen LogP contribution is 2.18. The van der Waals surface area contributed by atoms with Gasteiger partial charge in [0.15, 0.2) is 4.77 Å². The van der Waals surface area contributed by atoms with Crippen LogP contribution in [0.4, 0.5) is 0 Å². The molecule has 19 heavy (non-hydrogen) atoms. The molecule has 0 unspecified atom stereocenters. The van der Waals surface area contributed by atoms with E-state index in [0.717, 1.165) is 31.7 Å². The molecule has 1 aliphatic heterocycles. The van der Waals surface area contributed by atoms with Gasteiger partial charge in [-0.15, -0.1) is 0 Å². The van der Waals surface area contributed by atoms with Gasteiger partial charge in [0.05, 0.1) is 0 Å². The van der Waals surface area contributed by atoms with Crippen LogP contribution in [0.15, 0.2) is 24.5 Å². The van der Waals surface area contributed by atoms with E-state index in [1.165, 1.54) is 16.8 Å². The molecule has 4 nitrogen and oxygen atoms in total. The van der Waals surface area contributed by atoms with Crippen molar-refractivity contribution in [1.82, 2.24) is 19.9 Å². The Morgan fingerprint density at radius 1 is 1.42 bits per heavy atom. The molecule has 0 spiro atoms. The van der Waals surface area contributed by atoms with Crippen molar-refractivity contribution in [2.45, 2.75) is 26.4 Å². The molecule has 0 aliphatic carbocycles. The van der Waals surface area contributed by atoms with Gasteiger partial charge < -0.3 is 4.98 Å². The van der Waals surface area contributed by atoms with Gasteiger partial charge in [0, 0.05) is 55.4 Å². The van der Waals surface area contributed by atoms with E-state index in [0.29, 0.717) is 4.77 Å². The highest BCUT2D eigenvalue weighted by molar-refractivity contribution is 7.71. The van der Waals surface area contributed by atoms with E-state index in [9.17, 15) is 0 Å².